The van der Waals surface area contributed by atoms with Crippen molar-refractivity contribution < 1.29 is 14.3 Å². The fourth-order valence-electron chi connectivity index (χ4n) is 5.77. The van der Waals surface area contributed by atoms with Crippen molar-refractivity contribution in [3.8, 4) is 11.3 Å². The average Bonchev–Trinajstić information content (AvgIpc) is 2.93. The molecule has 2 aromatic rings. The first-order valence-electron chi connectivity index (χ1n) is 13.8. The number of urea groups is 1. The fraction of sp³-hybridized carbons (Fsp3) is 0.571. The van der Waals surface area contributed by atoms with Crippen LogP contribution in [-0.4, -0.2) is 84.2 Å². The summed E-state index contributed by atoms with van der Waals surface area (Å²) in [4.78, 5) is 41.1. The van der Waals surface area contributed by atoms with Gasteiger partial charge in [0.25, 0.3) is 0 Å². The maximum Gasteiger partial charge on any atom is 0.317 e. The lowest BCUT2D eigenvalue weighted by Crippen LogP contribution is -2.51. The molecule has 1 aliphatic carbocycles. The van der Waals surface area contributed by atoms with Gasteiger partial charge in [-0.3, -0.25) is 4.79 Å². The molecule has 204 valence electrons. The summed E-state index contributed by atoms with van der Waals surface area (Å²) in [5, 5.41) is 3.15. The number of likely N-dealkylation sites (N-methyl/N-ethyl adjacent to an activating group) is 1. The fourth-order valence-corrected chi connectivity index (χ4v) is 5.77. The van der Waals surface area contributed by atoms with Gasteiger partial charge in [-0.1, -0.05) is 25.0 Å². The molecule has 1 saturated carbocycles. The molecule has 1 aromatic carbocycles. The first-order chi connectivity index (χ1) is 18.4. The Bertz CT molecular complexity index is 1170. The normalized spacial score (nSPS) is 22.1. The third-order valence-corrected chi connectivity index (χ3v) is 8.02. The van der Waals surface area contributed by atoms with Crippen LogP contribution < -0.4 is 16.0 Å². The topological polar surface area (TPSA) is 117 Å². The zero-order valence-electron chi connectivity index (χ0n) is 22.5. The minimum absolute atomic E-state index is 0.120. The summed E-state index contributed by atoms with van der Waals surface area (Å²) in [5.74, 6) is 0.641. The van der Waals surface area contributed by atoms with Crippen molar-refractivity contribution in [2.24, 2.45) is 5.92 Å². The van der Waals surface area contributed by atoms with E-state index in [9.17, 15) is 9.59 Å². The highest BCUT2D eigenvalue weighted by Gasteiger charge is 2.34. The molecule has 3 aliphatic rings. The lowest BCUT2D eigenvalue weighted by Gasteiger charge is -2.34. The number of nitrogens with two attached hydrogens (primary N) is 1. The molecule has 10 nitrogen and oxygen atoms in total. The van der Waals surface area contributed by atoms with E-state index in [4.69, 9.17) is 10.5 Å². The molecular formula is C28H39N7O3. The van der Waals surface area contributed by atoms with Crippen LogP contribution in [0.1, 0.15) is 43.7 Å². The SMILES string of the molecule is CCOC(=O)[C@H]1CCCC[C@H]1NC(=O)N1CCc2ccc(-c3cc(N4CCN(C)CC4)nc(N)n3)cc2C1. The van der Waals surface area contributed by atoms with Gasteiger partial charge in [-0.2, -0.15) is 4.98 Å². The van der Waals surface area contributed by atoms with Crippen LogP contribution in [0.2, 0.25) is 0 Å². The zero-order chi connectivity index (χ0) is 26.6. The Kier molecular flexibility index (Phi) is 7.97. The molecule has 0 bridgehead atoms. The number of rotatable bonds is 5. The van der Waals surface area contributed by atoms with Crippen molar-refractivity contribution in [2.45, 2.75) is 51.6 Å². The smallest absolute Gasteiger partial charge is 0.317 e. The molecule has 0 spiro atoms. The number of nitrogens with zero attached hydrogens (tertiary/aromatic N) is 5. The van der Waals surface area contributed by atoms with Gasteiger partial charge >= 0.3 is 12.0 Å². The van der Waals surface area contributed by atoms with E-state index in [1.807, 2.05) is 17.9 Å². The van der Waals surface area contributed by atoms with Crippen LogP contribution in [-0.2, 0) is 22.5 Å². The van der Waals surface area contributed by atoms with Gasteiger partial charge in [0.15, 0.2) is 0 Å². The maximum atomic E-state index is 13.3. The lowest BCUT2D eigenvalue weighted by atomic mass is 9.84. The third kappa shape index (κ3) is 5.85. The molecule has 0 unspecified atom stereocenters. The Morgan fingerprint density at radius 1 is 1.05 bits per heavy atom. The summed E-state index contributed by atoms with van der Waals surface area (Å²) < 4.78 is 5.27. The number of aromatic nitrogens is 2. The standard InChI is InChI=1S/C28H39N7O3/c1-3-38-26(36)22-6-4-5-7-23(22)31-28(37)35-11-10-19-8-9-20(16-21(19)18-35)24-17-25(32-27(29)30-24)34-14-12-33(2)13-15-34/h8-9,16-17,22-23H,3-7,10-15,18H2,1-2H3,(H,31,37)(H2,29,30,32)/t22-,23+/m0/s1. The van der Waals surface area contributed by atoms with Gasteiger partial charge in [0.2, 0.25) is 5.95 Å². The minimum Gasteiger partial charge on any atom is -0.466 e. The van der Waals surface area contributed by atoms with Crippen molar-refractivity contribution in [2.75, 3.05) is 57.0 Å². The van der Waals surface area contributed by atoms with Crippen LogP contribution in [0.4, 0.5) is 16.6 Å². The van der Waals surface area contributed by atoms with Crippen molar-refractivity contribution in [1.82, 2.24) is 25.1 Å². The van der Waals surface area contributed by atoms with Crippen molar-refractivity contribution in [3.05, 3.63) is 35.4 Å². The first-order valence-corrected chi connectivity index (χ1v) is 13.8. The highest BCUT2D eigenvalue weighted by Crippen LogP contribution is 2.29. The van der Waals surface area contributed by atoms with Gasteiger partial charge in [-0.05, 0) is 50.4 Å². The number of carbonyl (C=O) groups is 2. The number of benzene rings is 1. The molecule has 3 N–H and O–H groups in total. The maximum absolute atomic E-state index is 13.3. The number of amides is 2. The summed E-state index contributed by atoms with van der Waals surface area (Å²) in [6.07, 6.45) is 4.33. The van der Waals surface area contributed by atoms with Gasteiger partial charge in [0.05, 0.1) is 18.2 Å². The summed E-state index contributed by atoms with van der Waals surface area (Å²) in [5.41, 5.74) is 10.2. The van der Waals surface area contributed by atoms with Crippen LogP contribution >= 0.6 is 0 Å². The summed E-state index contributed by atoms with van der Waals surface area (Å²) >= 11 is 0. The van der Waals surface area contributed by atoms with E-state index >= 15 is 0 Å². The molecule has 38 heavy (non-hydrogen) atoms. The van der Waals surface area contributed by atoms with Gasteiger partial charge in [-0.25, -0.2) is 9.78 Å². The Hall–Kier alpha value is -3.40. The number of nitrogen functional groups attached to an aromatic ring is 1. The van der Waals surface area contributed by atoms with Crippen molar-refractivity contribution in [1.29, 1.82) is 0 Å². The average molecular weight is 522 g/mol. The number of carbonyl (C=O) groups excluding carboxylic acids is 2. The Morgan fingerprint density at radius 3 is 2.63 bits per heavy atom. The molecule has 3 heterocycles. The molecular weight excluding hydrogens is 482 g/mol. The number of nitrogens with one attached hydrogen (secondary N) is 1. The summed E-state index contributed by atoms with van der Waals surface area (Å²) in [7, 11) is 2.13. The molecule has 2 aliphatic heterocycles. The van der Waals surface area contributed by atoms with Gasteiger partial charge in [0, 0.05) is 56.9 Å². The largest absolute Gasteiger partial charge is 0.466 e. The van der Waals surface area contributed by atoms with Gasteiger partial charge in [-0.15, -0.1) is 0 Å². The van der Waals surface area contributed by atoms with Crippen molar-refractivity contribution >= 4 is 23.8 Å². The second-order valence-corrected chi connectivity index (χ2v) is 10.6. The number of hydrogen-bond donors (Lipinski definition) is 2. The highest BCUT2D eigenvalue weighted by molar-refractivity contribution is 5.78. The molecule has 0 radical (unpaired) electrons. The minimum atomic E-state index is -0.269. The summed E-state index contributed by atoms with van der Waals surface area (Å²) in [6.45, 7) is 7.10. The van der Waals surface area contributed by atoms with Crippen LogP contribution in [0.3, 0.4) is 0 Å². The predicted molar refractivity (Wildman–Crippen MR) is 147 cm³/mol. The zero-order valence-corrected chi connectivity index (χ0v) is 22.5. The molecule has 2 atom stereocenters. The molecule has 10 heteroatoms. The van der Waals surface area contributed by atoms with Crippen LogP contribution in [0.25, 0.3) is 11.3 Å². The second kappa shape index (κ2) is 11.6. The highest BCUT2D eigenvalue weighted by atomic mass is 16.5. The van der Waals surface area contributed by atoms with E-state index in [-0.39, 0.29) is 29.9 Å². The van der Waals surface area contributed by atoms with E-state index in [0.717, 1.165) is 80.9 Å². The number of hydrogen-bond acceptors (Lipinski definition) is 8. The van der Waals surface area contributed by atoms with Crippen molar-refractivity contribution in [3.63, 3.8) is 0 Å². The number of piperazine rings is 1. The quantitative estimate of drug-likeness (QED) is 0.577. The van der Waals surface area contributed by atoms with E-state index in [1.165, 1.54) is 5.56 Å². The van der Waals surface area contributed by atoms with E-state index in [1.54, 1.807) is 0 Å². The van der Waals surface area contributed by atoms with E-state index < -0.39 is 0 Å². The Balaban J connectivity index is 1.29. The molecule has 1 saturated heterocycles. The number of esters is 1. The van der Waals surface area contributed by atoms with Crippen LogP contribution in [0, 0.1) is 5.92 Å². The van der Waals surface area contributed by atoms with Gasteiger partial charge in [0.1, 0.15) is 5.82 Å². The molecule has 2 fully saturated rings. The Labute approximate surface area is 224 Å². The van der Waals surface area contributed by atoms with Crippen LogP contribution in [0.15, 0.2) is 24.3 Å². The first kappa shape index (κ1) is 26.2. The van der Waals surface area contributed by atoms with Gasteiger partial charge < -0.3 is 30.5 Å². The number of fused-ring (bicyclic) bond motifs is 1. The molecule has 1 aromatic heterocycles. The third-order valence-electron chi connectivity index (χ3n) is 8.02. The molecule has 2 amide bonds. The van der Waals surface area contributed by atoms with E-state index in [2.05, 4.69) is 50.3 Å². The van der Waals surface area contributed by atoms with Crippen LogP contribution in [0.5, 0.6) is 0 Å². The monoisotopic (exact) mass is 521 g/mol. The lowest BCUT2D eigenvalue weighted by molar-refractivity contribution is -0.150. The number of anilines is 2. The second-order valence-electron chi connectivity index (χ2n) is 10.6. The van der Waals surface area contributed by atoms with E-state index in [0.29, 0.717) is 19.7 Å². The summed E-state index contributed by atoms with van der Waals surface area (Å²) in [6, 6.07) is 8.04. The Morgan fingerprint density at radius 2 is 1.84 bits per heavy atom. The molecule has 5 rings (SSSR count). The predicted octanol–water partition coefficient (Wildman–Crippen LogP) is 2.67. The number of ether oxygens (including phenoxy) is 1.